The minimum Gasteiger partial charge on any atom is -0.490 e. The molecule has 0 amide bonds. The molecule has 6 nitrogen and oxygen atoms in total. The van der Waals surface area contributed by atoms with Crippen LogP contribution in [0.4, 0.5) is 0 Å². The zero-order valence-corrected chi connectivity index (χ0v) is 16.5. The number of nitrogens with zero attached hydrogens (tertiary/aromatic N) is 3. The highest BCUT2D eigenvalue weighted by Gasteiger charge is 2.13. The van der Waals surface area contributed by atoms with E-state index in [1.54, 1.807) is 11.3 Å². The lowest BCUT2D eigenvalue weighted by Crippen LogP contribution is -2.23. The summed E-state index contributed by atoms with van der Waals surface area (Å²) in [7, 11) is 0. The molecule has 0 N–H and O–H groups in total. The summed E-state index contributed by atoms with van der Waals surface area (Å²) in [5, 5.41) is 6.31. The largest absolute Gasteiger partial charge is 0.490 e. The van der Waals surface area contributed by atoms with Crippen molar-refractivity contribution in [2.45, 2.75) is 13.8 Å². The van der Waals surface area contributed by atoms with Crippen molar-refractivity contribution in [3.05, 3.63) is 56.2 Å². The van der Waals surface area contributed by atoms with E-state index in [9.17, 15) is 4.79 Å². The fourth-order valence-corrected chi connectivity index (χ4v) is 4.21. The van der Waals surface area contributed by atoms with E-state index in [4.69, 9.17) is 9.47 Å². The Bertz CT molecular complexity index is 1180. The highest BCUT2D eigenvalue weighted by atomic mass is 32.1. The van der Waals surface area contributed by atoms with E-state index >= 15 is 0 Å². The first-order valence-corrected chi connectivity index (χ1v) is 10.2. The van der Waals surface area contributed by atoms with Gasteiger partial charge in [0.2, 0.25) is 4.96 Å². The normalized spacial score (nSPS) is 12.0. The summed E-state index contributed by atoms with van der Waals surface area (Å²) in [4.78, 5) is 18.7. The molecule has 0 spiro atoms. The predicted molar refractivity (Wildman–Crippen MR) is 108 cm³/mol. The molecule has 0 aliphatic heterocycles. The smallest absolute Gasteiger partial charge is 0.291 e. The molecule has 1 aromatic carbocycles. The number of ether oxygens (including phenoxy) is 2. The Kier molecular flexibility index (Phi) is 4.91. The molecule has 27 heavy (non-hydrogen) atoms. The Labute approximate surface area is 163 Å². The van der Waals surface area contributed by atoms with Crippen LogP contribution in [0.25, 0.3) is 21.7 Å². The first-order valence-electron chi connectivity index (χ1n) is 8.54. The average Bonchev–Trinajstić information content (AvgIpc) is 3.37. The van der Waals surface area contributed by atoms with Crippen LogP contribution in [0.15, 0.2) is 40.5 Å². The third kappa shape index (κ3) is 3.45. The van der Waals surface area contributed by atoms with Crippen LogP contribution < -0.4 is 19.6 Å². The number of thiophene rings is 1. The maximum atomic E-state index is 12.7. The van der Waals surface area contributed by atoms with Crippen molar-refractivity contribution in [2.24, 2.45) is 0 Å². The highest BCUT2D eigenvalue weighted by molar-refractivity contribution is 7.15. The third-order valence-electron chi connectivity index (χ3n) is 3.79. The molecule has 4 aromatic rings. The van der Waals surface area contributed by atoms with Crippen LogP contribution in [0.5, 0.6) is 11.5 Å². The lowest BCUT2D eigenvalue weighted by Gasteiger charge is -2.11. The molecule has 0 bridgehead atoms. The molecule has 3 aromatic heterocycles. The van der Waals surface area contributed by atoms with Crippen molar-refractivity contribution in [3.63, 3.8) is 0 Å². The summed E-state index contributed by atoms with van der Waals surface area (Å²) in [6, 6.07) is 9.52. The average molecular weight is 399 g/mol. The van der Waals surface area contributed by atoms with Gasteiger partial charge in [0.1, 0.15) is 0 Å². The monoisotopic (exact) mass is 399 g/mol. The van der Waals surface area contributed by atoms with Crippen molar-refractivity contribution >= 4 is 33.7 Å². The maximum absolute atomic E-state index is 12.7. The Hall–Kier alpha value is -2.71. The first kappa shape index (κ1) is 17.7. The zero-order valence-electron chi connectivity index (χ0n) is 14.8. The van der Waals surface area contributed by atoms with Crippen LogP contribution in [0, 0.1) is 0 Å². The zero-order chi connectivity index (χ0) is 18.8. The molecule has 0 fully saturated rings. The van der Waals surface area contributed by atoms with Gasteiger partial charge in [-0.2, -0.15) is 9.50 Å². The summed E-state index contributed by atoms with van der Waals surface area (Å²) >= 11 is 2.87. The van der Waals surface area contributed by atoms with Crippen LogP contribution >= 0.6 is 22.7 Å². The number of hydrogen-bond donors (Lipinski definition) is 0. The van der Waals surface area contributed by atoms with Gasteiger partial charge in [-0.1, -0.05) is 23.5 Å². The first-order chi connectivity index (χ1) is 13.2. The second-order valence-electron chi connectivity index (χ2n) is 5.60. The van der Waals surface area contributed by atoms with Gasteiger partial charge in [-0.3, -0.25) is 4.79 Å². The number of fused-ring (bicyclic) bond motifs is 1. The fourth-order valence-electron chi connectivity index (χ4n) is 2.65. The molecule has 0 saturated heterocycles. The second kappa shape index (κ2) is 7.50. The summed E-state index contributed by atoms with van der Waals surface area (Å²) in [6.07, 6.45) is 1.83. The molecule has 8 heteroatoms. The molecule has 0 atom stereocenters. The number of rotatable bonds is 6. The van der Waals surface area contributed by atoms with Gasteiger partial charge in [-0.15, -0.1) is 16.4 Å². The van der Waals surface area contributed by atoms with Gasteiger partial charge < -0.3 is 9.47 Å². The summed E-state index contributed by atoms with van der Waals surface area (Å²) in [5.74, 6) is 1.95. The van der Waals surface area contributed by atoms with E-state index in [1.807, 2.05) is 55.6 Å². The SMILES string of the molecule is CCOc1ccc(/C=c2\sc3nc(-c4cccs4)nn3c2=O)cc1OCC. The lowest BCUT2D eigenvalue weighted by atomic mass is 10.2. The Morgan fingerprint density at radius 2 is 1.96 bits per heavy atom. The van der Waals surface area contributed by atoms with E-state index in [0.29, 0.717) is 40.0 Å². The molecule has 4 rings (SSSR count). The topological polar surface area (TPSA) is 65.7 Å². The second-order valence-corrected chi connectivity index (χ2v) is 7.55. The minimum absolute atomic E-state index is 0.169. The summed E-state index contributed by atoms with van der Waals surface area (Å²) in [6.45, 7) is 4.96. The predicted octanol–water partition coefficient (Wildman–Crippen LogP) is 3.22. The molecular formula is C19H17N3O3S2. The molecule has 0 saturated carbocycles. The molecule has 0 unspecified atom stereocenters. The van der Waals surface area contributed by atoms with Crippen molar-refractivity contribution in [1.82, 2.24) is 14.6 Å². The van der Waals surface area contributed by atoms with Crippen LogP contribution in [-0.2, 0) is 0 Å². The number of benzene rings is 1. The van der Waals surface area contributed by atoms with E-state index in [2.05, 4.69) is 10.1 Å². The number of hydrogen-bond acceptors (Lipinski definition) is 7. The van der Waals surface area contributed by atoms with E-state index < -0.39 is 0 Å². The Morgan fingerprint density at radius 1 is 1.15 bits per heavy atom. The van der Waals surface area contributed by atoms with Crippen molar-refractivity contribution in [3.8, 4) is 22.2 Å². The standard InChI is InChI=1S/C19H17N3O3S2/c1-3-24-13-8-7-12(10-14(13)25-4-2)11-16-18(23)22-19(27-16)20-17(21-22)15-6-5-9-26-15/h5-11H,3-4H2,1-2H3/b16-11-. The Balaban J connectivity index is 1.74. The molecule has 138 valence electrons. The lowest BCUT2D eigenvalue weighted by molar-refractivity contribution is 0.287. The van der Waals surface area contributed by atoms with E-state index in [1.165, 1.54) is 15.9 Å². The van der Waals surface area contributed by atoms with Gasteiger partial charge in [-0.25, -0.2) is 0 Å². The van der Waals surface area contributed by atoms with Gasteiger partial charge in [0, 0.05) is 0 Å². The molecule has 0 aliphatic rings. The Morgan fingerprint density at radius 3 is 2.67 bits per heavy atom. The molecule has 0 aliphatic carbocycles. The van der Waals surface area contributed by atoms with Crippen molar-refractivity contribution in [2.75, 3.05) is 13.2 Å². The molecular weight excluding hydrogens is 382 g/mol. The van der Waals surface area contributed by atoms with Gasteiger partial charge >= 0.3 is 0 Å². The van der Waals surface area contributed by atoms with Crippen LogP contribution in [0.1, 0.15) is 19.4 Å². The number of aromatic nitrogens is 3. The molecule has 0 radical (unpaired) electrons. The van der Waals surface area contributed by atoms with Crippen LogP contribution in [0.2, 0.25) is 0 Å². The molecule has 3 heterocycles. The summed E-state index contributed by atoms with van der Waals surface area (Å²) in [5.41, 5.74) is 0.694. The van der Waals surface area contributed by atoms with Crippen LogP contribution in [-0.4, -0.2) is 27.8 Å². The van der Waals surface area contributed by atoms with Gasteiger partial charge in [-0.05, 0) is 49.1 Å². The number of thiazole rings is 1. The maximum Gasteiger partial charge on any atom is 0.291 e. The fraction of sp³-hybridized carbons (Fsp3) is 0.211. The van der Waals surface area contributed by atoms with Gasteiger partial charge in [0.25, 0.3) is 5.56 Å². The van der Waals surface area contributed by atoms with E-state index in [-0.39, 0.29) is 5.56 Å². The highest BCUT2D eigenvalue weighted by Crippen LogP contribution is 2.29. The van der Waals surface area contributed by atoms with Gasteiger partial charge in [0.05, 0.1) is 22.6 Å². The van der Waals surface area contributed by atoms with Crippen LogP contribution in [0.3, 0.4) is 0 Å². The van der Waals surface area contributed by atoms with E-state index in [0.717, 1.165) is 10.4 Å². The van der Waals surface area contributed by atoms with Crippen molar-refractivity contribution < 1.29 is 9.47 Å². The summed E-state index contributed by atoms with van der Waals surface area (Å²) < 4.78 is 13.2. The third-order valence-corrected chi connectivity index (χ3v) is 5.61. The van der Waals surface area contributed by atoms with Gasteiger partial charge in [0.15, 0.2) is 17.3 Å². The minimum atomic E-state index is -0.169. The quantitative estimate of drug-likeness (QED) is 0.498. The van der Waals surface area contributed by atoms with Crippen molar-refractivity contribution in [1.29, 1.82) is 0 Å².